The van der Waals surface area contributed by atoms with Crippen molar-refractivity contribution >= 4 is 23.1 Å². The Bertz CT molecular complexity index is 1010. The van der Waals surface area contributed by atoms with Crippen molar-refractivity contribution in [2.45, 2.75) is 26.3 Å². The SMILES string of the molecule is CC(C)(C)Nc1nc(Nc2ccc(F)c([N+](=O)[O-])c2)cc(-c2cccnc2)n1. The number of hydrogen-bond donors (Lipinski definition) is 2. The van der Waals surface area contributed by atoms with Crippen LogP contribution >= 0.6 is 0 Å². The third kappa shape index (κ3) is 4.76. The van der Waals surface area contributed by atoms with Crippen molar-refractivity contribution in [1.29, 1.82) is 0 Å². The summed E-state index contributed by atoms with van der Waals surface area (Å²) >= 11 is 0. The lowest BCUT2D eigenvalue weighted by atomic mass is 10.1. The second-order valence-electron chi connectivity index (χ2n) is 7.13. The van der Waals surface area contributed by atoms with E-state index in [9.17, 15) is 14.5 Å². The van der Waals surface area contributed by atoms with Gasteiger partial charge in [-0.1, -0.05) is 0 Å². The molecule has 0 fully saturated rings. The van der Waals surface area contributed by atoms with Crippen LogP contribution in [0.25, 0.3) is 11.3 Å². The van der Waals surface area contributed by atoms with Gasteiger partial charge in [0.05, 0.1) is 10.6 Å². The van der Waals surface area contributed by atoms with Gasteiger partial charge in [-0.3, -0.25) is 15.1 Å². The first-order valence-electron chi connectivity index (χ1n) is 8.50. The molecular weight excluding hydrogens is 363 g/mol. The molecule has 0 amide bonds. The van der Waals surface area contributed by atoms with Gasteiger partial charge in [0.15, 0.2) is 0 Å². The Labute approximate surface area is 161 Å². The van der Waals surface area contributed by atoms with E-state index in [1.165, 1.54) is 6.07 Å². The third-order valence-corrected chi connectivity index (χ3v) is 3.59. The molecule has 0 saturated heterocycles. The molecule has 28 heavy (non-hydrogen) atoms. The summed E-state index contributed by atoms with van der Waals surface area (Å²) in [5.41, 5.74) is 0.855. The standard InChI is InChI=1S/C19H19FN6O2/c1-19(2,3)25-18-23-15(12-5-4-8-21-11-12)10-17(24-18)22-13-6-7-14(20)16(9-13)26(27)28/h4-11H,1-3H3,(H2,22,23,24,25). The minimum Gasteiger partial charge on any atom is -0.350 e. The van der Waals surface area contributed by atoms with E-state index in [2.05, 4.69) is 25.6 Å². The summed E-state index contributed by atoms with van der Waals surface area (Å²) in [6.07, 6.45) is 3.34. The van der Waals surface area contributed by atoms with Gasteiger partial charge >= 0.3 is 5.69 Å². The maximum atomic E-state index is 13.6. The van der Waals surface area contributed by atoms with Gasteiger partial charge in [-0.2, -0.15) is 9.37 Å². The van der Waals surface area contributed by atoms with Gasteiger partial charge in [0.2, 0.25) is 11.8 Å². The zero-order valence-electron chi connectivity index (χ0n) is 15.6. The van der Waals surface area contributed by atoms with Crippen LogP contribution in [0.3, 0.4) is 0 Å². The summed E-state index contributed by atoms with van der Waals surface area (Å²) in [4.78, 5) is 23.2. The first-order chi connectivity index (χ1) is 13.2. The van der Waals surface area contributed by atoms with Crippen molar-refractivity contribution < 1.29 is 9.31 Å². The summed E-state index contributed by atoms with van der Waals surface area (Å²) in [5, 5.41) is 17.2. The van der Waals surface area contributed by atoms with Crippen molar-refractivity contribution in [3.63, 3.8) is 0 Å². The molecular formula is C19H19FN6O2. The summed E-state index contributed by atoms with van der Waals surface area (Å²) in [7, 11) is 0. The number of aromatic nitrogens is 3. The number of rotatable bonds is 5. The van der Waals surface area contributed by atoms with E-state index >= 15 is 0 Å². The van der Waals surface area contributed by atoms with Crippen molar-refractivity contribution in [2.75, 3.05) is 10.6 Å². The third-order valence-electron chi connectivity index (χ3n) is 3.59. The number of nitro groups is 1. The topological polar surface area (TPSA) is 106 Å². The number of benzene rings is 1. The molecule has 0 saturated carbocycles. The van der Waals surface area contributed by atoms with Crippen LogP contribution in [-0.4, -0.2) is 25.4 Å². The maximum Gasteiger partial charge on any atom is 0.306 e. The largest absolute Gasteiger partial charge is 0.350 e. The van der Waals surface area contributed by atoms with Crippen LogP contribution in [0, 0.1) is 15.9 Å². The highest BCUT2D eigenvalue weighted by Crippen LogP contribution is 2.27. The highest BCUT2D eigenvalue weighted by atomic mass is 19.1. The molecule has 0 atom stereocenters. The van der Waals surface area contributed by atoms with Gasteiger partial charge in [0, 0.05) is 41.3 Å². The van der Waals surface area contributed by atoms with Crippen molar-refractivity contribution in [3.8, 4) is 11.3 Å². The molecule has 0 radical (unpaired) electrons. The number of pyridine rings is 1. The molecule has 8 nitrogen and oxygen atoms in total. The van der Waals surface area contributed by atoms with E-state index < -0.39 is 16.4 Å². The second-order valence-corrected chi connectivity index (χ2v) is 7.13. The summed E-state index contributed by atoms with van der Waals surface area (Å²) in [6, 6.07) is 8.93. The zero-order chi connectivity index (χ0) is 20.3. The fourth-order valence-corrected chi connectivity index (χ4v) is 2.44. The Kier molecular flexibility index (Phi) is 5.16. The van der Waals surface area contributed by atoms with Crippen molar-refractivity contribution in [2.24, 2.45) is 0 Å². The number of nitrogens with zero attached hydrogens (tertiary/aromatic N) is 4. The Morgan fingerprint density at radius 1 is 1.14 bits per heavy atom. The molecule has 0 spiro atoms. The maximum absolute atomic E-state index is 13.6. The zero-order valence-corrected chi connectivity index (χ0v) is 15.6. The fourth-order valence-electron chi connectivity index (χ4n) is 2.44. The van der Waals surface area contributed by atoms with E-state index in [0.717, 1.165) is 17.7 Å². The molecule has 144 valence electrons. The molecule has 0 aliphatic rings. The van der Waals surface area contributed by atoms with E-state index in [1.54, 1.807) is 24.5 Å². The minimum absolute atomic E-state index is 0.278. The smallest absolute Gasteiger partial charge is 0.306 e. The van der Waals surface area contributed by atoms with Gasteiger partial charge in [0.1, 0.15) is 5.82 Å². The molecule has 0 aliphatic heterocycles. The predicted molar refractivity (Wildman–Crippen MR) is 105 cm³/mol. The molecule has 3 rings (SSSR count). The lowest BCUT2D eigenvalue weighted by Gasteiger charge is -2.21. The number of nitrogens with one attached hydrogen (secondary N) is 2. The summed E-state index contributed by atoms with van der Waals surface area (Å²) < 4.78 is 13.6. The van der Waals surface area contributed by atoms with Gasteiger partial charge in [-0.15, -0.1) is 0 Å². The number of hydrogen-bond acceptors (Lipinski definition) is 7. The van der Waals surface area contributed by atoms with Crippen LogP contribution in [0.15, 0.2) is 48.8 Å². The number of anilines is 3. The molecule has 2 N–H and O–H groups in total. The van der Waals surface area contributed by atoms with Gasteiger partial charge in [-0.05, 0) is 45.0 Å². The van der Waals surface area contributed by atoms with Crippen LogP contribution in [-0.2, 0) is 0 Å². The van der Waals surface area contributed by atoms with Gasteiger partial charge < -0.3 is 10.6 Å². The number of halogens is 1. The molecule has 0 unspecified atom stereocenters. The average molecular weight is 382 g/mol. The highest BCUT2D eigenvalue weighted by Gasteiger charge is 2.16. The first-order valence-corrected chi connectivity index (χ1v) is 8.50. The highest BCUT2D eigenvalue weighted by molar-refractivity contribution is 5.67. The average Bonchev–Trinajstić information content (AvgIpc) is 2.62. The van der Waals surface area contributed by atoms with Crippen LogP contribution in [0.1, 0.15) is 20.8 Å². The Hall–Kier alpha value is -3.62. The van der Waals surface area contributed by atoms with E-state index in [1.807, 2.05) is 26.8 Å². The lowest BCUT2D eigenvalue weighted by Crippen LogP contribution is -2.27. The van der Waals surface area contributed by atoms with Crippen molar-refractivity contribution in [3.05, 3.63) is 64.7 Å². The monoisotopic (exact) mass is 382 g/mol. The Morgan fingerprint density at radius 3 is 2.57 bits per heavy atom. The van der Waals surface area contributed by atoms with Crippen LogP contribution < -0.4 is 10.6 Å². The van der Waals surface area contributed by atoms with Crippen molar-refractivity contribution in [1.82, 2.24) is 15.0 Å². The fraction of sp³-hybridized carbons (Fsp3) is 0.211. The van der Waals surface area contributed by atoms with Gasteiger partial charge in [0.25, 0.3) is 0 Å². The van der Waals surface area contributed by atoms with Crippen LogP contribution in [0.2, 0.25) is 0 Å². The minimum atomic E-state index is -0.899. The van der Waals surface area contributed by atoms with E-state index in [0.29, 0.717) is 23.1 Å². The van der Waals surface area contributed by atoms with E-state index in [4.69, 9.17) is 0 Å². The normalized spacial score (nSPS) is 11.1. The quantitative estimate of drug-likeness (QED) is 0.493. The van der Waals surface area contributed by atoms with Crippen LogP contribution in [0.4, 0.5) is 27.5 Å². The second kappa shape index (κ2) is 7.55. The molecule has 0 bridgehead atoms. The Balaban J connectivity index is 2.01. The lowest BCUT2D eigenvalue weighted by molar-refractivity contribution is -0.387. The molecule has 2 heterocycles. The molecule has 9 heteroatoms. The summed E-state index contributed by atoms with van der Waals surface area (Å²) in [5.74, 6) is -0.112. The molecule has 3 aromatic rings. The van der Waals surface area contributed by atoms with E-state index in [-0.39, 0.29) is 5.54 Å². The van der Waals surface area contributed by atoms with Crippen LogP contribution in [0.5, 0.6) is 0 Å². The molecule has 1 aromatic carbocycles. The van der Waals surface area contributed by atoms with Gasteiger partial charge in [-0.25, -0.2) is 4.98 Å². The summed E-state index contributed by atoms with van der Waals surface area (Å²) in [6.45, 7) is 5.93. The molecule has 0 aliphatic carbocycles. The Morgan fingerprint density at radius 2 is 1.93 bits per heavy atom. The number of nitro benzene ring substituents is 1. The molecule has 2 aromatic heterocycles. The first kappa shape index (κ1) is 19.2. The predicted octanol–water partition coefficient (Wildman–Crippen LogP) is 4.54.